The number of rotatable bonds is 10. The number of likely N-dealkylation sites (N-methyl/N-ethyl adjacent to an activating group) is 1. The Morgan fingerprint density at radius 1 is 1.19 bits per heavy atom. The van der Waals surface area contributed by atoms with Crippen LogP contribution in [-0.2, 0) is 10.2 Å². The lowest BCUT2D eigenvalue weighted by Gasteiger charge is -2.36. The minimum absolute atomic E-state index is 0.0569. The fraction of sp³-hybridized carbons (Fsp3) is 0.520. The predicted octanol–water partition coefficient (Wildman–Crippen LogP) is 3.29. The average Bonchev–Trinajstić information content (AvgIpc) is 3.70. The second-order valence-electron chi connectivity index (χ2n) is 9.55. The molecule has 1 aromatic heterocycles. The van der Waals surface area contributed by atoms with Crippen LogP contribution in [0.25, 0.3) is 0 Å². The zero-order chi connectivity index (χ0) is 26.7. The quantitative estimate of drug-likeness (QED) is 0.496. The Hall–Kier alpha value is -2.83. The van der Waals surface area contributed by atoms with Gasteiger partial charge in [0.05, 0.1) is 24.1 Å². The number of ether oxygens (including phenoxy) is 2. The van der Waals surface area contributed by atoms with Crippen molar-refractivity contribution < 1.29 is 31.5 Å². The summed E-state index contributed by atoms with van der Waals surface area (Å²) >= 11 is 0. The molecule has 0 bridgehead atoms. The molecule has 1 aliphatic heterocycles. The third-order valence-corrected chi connectivity index (χ3v) is 8.14. The summed E-state index contributed by atoms with van der Waals surface area (Å²) in [6.45, 7) is 5.14. The van der Waals surface area contributed by atoms with Crippen LogP contribution in [0.5, 0.6) is 11.5 Å². The fourth-order valence-corrected chi connectivity index (χ4v) is 5.15. The molecule has 1 saturated heterocycles. The zero-order valence-corrected chi connectivity index (χ0v) is 21.9. The highest BCUT2D eigenvalue weighted by Gasteiger charge is 2.32. The van der Waals surface area contributed by atoms with Crippen molar-refractivity contribution in [2.75, 3.05) is 33.3 Å². The zero-order valence-electron chi connectivity index (χ0n) is 21.1. The van der Waals surface area contributed by atoms with Crippen LogP contribution in [0.4, 0.5) is 8.78 Å². The van der Waals surface area contributed by atoms with Gasteiger partial charge < -0.3 is 14.4 Å². The van der Waals surface area contributed by atoms with Crippen molar-refractivity contribution in [3.63, 3.8) is 0 Å². The number of amides is 1. The Kier molecular flexibility index (Phi) is 8.29. The molecule has 9 nitrogen and oxygen atoms in total. The van der Waals surface area contributed by atoms with E-state index in [9.17, 15) is 22.0 Å². The molecule has 0 unspecified atom stereocenters. The number of aromatic nitrogens is 1. The van der Waals surface area contributed by atoms with E-state index in [1.165, 1.54) is 12.8 Å². The molecule has 1 aromatic carbocycles. The summed E-state index contributed by atoms with van der Waals surface area (Å²) < 4.78 is 69.3. The summed E-state index contributed by atoms with van der Waals surface area (Å²) in [5.74, 6) is -3.33. The minimum atomic E-state index is -4.23. The summed E-state index contributed by atoms with van der Waals surface area (Å²) in [5, 5.41) is 0. The molecule has 202 valence electrons. The van der Waals surface area contributed by atoms with E-state index in [1.54, 1.807) is 18.3 Å². The van der Waals surface area contributed by atoms with Crippen LogP contribution in [0.3, 0.4) is 0 Å². The van der Waals surface area contributed by atoms with Crippen LogP contribution >= 0.6 is 0 Å². The number of benzene rings is 1. The van der Waals surface area contributed by atoms with E-state index in [4.69, 9.17) is 9.47 Å². The van der Waals surface area contributed by atoms with E-state index in [-0.39, 0.29) is 19.1 Å². The normalized spacial score (nSPS) is 19.9. The molecular formula is C25H32F2N4O5S. The van der Waals surface area contributed by atoms with E-state index < -0.39 is 45.2 Å². The number of carbonyl (C=O) groups is 1. The lowest BCUT2D eigenvalue weighted by Crippen LogP contribution is -2.55. The molecule has 0 radical (unpaired) electrons. The summed E-state index contributed by atoms with van der Waals surface area (Å²) in [6, 6.07) is 5.51. The number of carbonyl (C=O) groups excluding carboxylic acids is 1. The number of pyridine rings is 1. The largest absolute Gasteiger partial charge is 0.492 e. The molecule has 1 aliphatic carbocycles. The van der Waals surface area contributed by atoms with Crippen molar-refractivity contribution in [1.29, 1.82) is 0 Å². The SMILES string of the molecule is CC[C@@H](Oc1ccc(C(=O)NS(=O)(=O)N2CCN(C)[C@H](C)C2)c(F)c1F)c1ccc(OCC2CC2)cn1. The first-order chi connectivity index (χ1) is 17.6. The van der Waals surface area contributed by atoms with Crippen molar-refractivity contribution in [2.45, 2.75) is 45.3 Å². The Morgan fingerprint density at radius 2 is 1.95 bits per heavy atom. The van der Waals surface area contributed by atoms with Gasteiger partial charge in [-0.25, -0.2) is 9.11 Å². The van der Waals surface area contributed by atoms with Gasteiger partial charge >= 0.3 is 10.2 Å². The van der Waals surface area contributed by atoms with Crippen LogP contribution < -0.4 is 14.2 Å². The molecule has 2 fully saturated rings. The van der Waals surface area contributed by atoms with Gasteiger partial charge in [-0.15, -0.1) is 0 Å². The Morgan fingerprint density at radius 3 is 2.57 bits per heavy atom. The lowest BCUT2D eigenvalue weighted by atomic mass is 10.1. The maximum Gasteiger partial charge on any atom is 0.304 e. The Balaban J connectivity index is 1.43. The molecule has 12 heteroatoms. The molecule has 1 N–H and O–H groups in total. The number of nitrogens with zero attached hydrogens (tertiary/aromatic N) is 3. The standard InChI is InChI=1S/C25H32F2N4O5S/c1-4-21(20-9-7-18(13-28-20)35-15-17-5-6-17)36-22-10-8-19(23(26)24(22)27)25(32)29-37(33,34)31-12-11-30(3)16(2)14-31/h7-10,13,16-17,21H,4-6,11-12,14-15H2,1-3H3,(H,29,32)/t16-,21-/m1/s1. The monoisotopic (exact) mass is 538 g/mol. The maximum atomic E-state index is 14.9. The second-order valence-corrected chi connectivity index (χ2v) is 11.2. The van der Waals surface area contributed by atoms with Gasteiger partial charge in [-0.05, 0) is 63.4 Å². The first-order valence-electron chi connectivity index (χ1n) is 12.3. The molecule has 2 aromatic rings. The second kappa shape index (κ2) is 11.3. The highest BCUT2D eigenvalue weighted by atomic mass is 32.2. The average molecular weight is 539 g/mol. The first kappa shape index (κ1) is 27.2. The number of nitrogens with one attached hydrogen (secondary N) is 1. The Bertz CT molecular complexity index is 1220. The van der Waals surface area contributed by atoms with Crippen LogP contribution in [0.15, 0.2) is 30.5 Å². The maximum absolute atomic E-state index is 14.9. The molecule has 2 heterocycles. The number of hydrogen-bond donors (Lipinski definition) is 1. The van der Waals surface area contributed by atoms with E-state index in [0.29, 0.717) is 36.9 Å². The minimum Gasteiger partial charge on any atom is -0.492 e. The van der Waals surface area contributed by atoms with Gasteiger partial charge in [-0.3, -0.25) is 9.78 Å². The van der Waals surface area contributed by atoms with E-state index >= 15 is 0 Å². The smallest absolute Gasteiger partial charge is 0.304 e. The molecule has 37 heavy (non-hydrogen) atoms. The van der Waals surface area contributed by atoms with E-state index in [0.717, 1.165) is 16.4 Å². The van der Waals surface area contributed by atoms with Gasteiger partial charge in [0.1, 0.15) is 11.9 Å². The van der Waals surface area contributed by atoms with Crippen molar-refractivity contribution in [3.8, 4) is 11.5 Å². The Labute approximate surface area is 215 Å². The number of halogens is 2. The van der Waals surface area contributed by atoms with Crippen LogP contribution in [0.2, 0.25) is 0 Å². The predicted molar refractivity (Wildman–Crippen MR) is 133 cm³/mol. The van der Waals surface area contributed by atoms with Gasteiger partial charge in [0.2, 0.25) is 5.82 Å². The topological polar surface area (TPSA) is 101 Å². The summed E-state index contributed by atoms with van der Waals surface area (Å²) in [5.41, 5.74) is -0.227. The molecule has 4 rings (SSSR count). The van der Waals surface area contributed by atoms with E-state index in [2.05, 4.69) is 4.98 Å². The van der Waals surface area contributed by atoms with Crippen molar-refractivity contribution >= 4 is 16.1 Å². The van der Waals surface area contributed by atoms with Crippen LogP contribution in [0.1, 0.15) is 55.3 Å². The highest BCUT2D eigenvalue weighted by molar-refractivity contribution is 7.87. The molecule has 2 atom stereocenters. The van der Waals surface area contributed by atoms with Crippen LogP contribution in [-0.4, -0.2) is 67.8 Å². The summed E-state index contributed by atoms with van der Waals surface area (Å²) in [7, 11) is -2.36. The third-order valence-electron chi connectivity index (χ3n) is 6.69. The highest BCUT2D eigenvalue weighted by Crippen LogP contribution is 2.31. The van der Waals surface area contributed by atoms with Crippen LogP contribution in [0, 0.1) is 17.6 Å². The van der Waals surface area contributed by atoms with Gasteiger partial charge in [0.25, 0.3) is 5.91 Å². The third kappa shape index (κ3) is 6.55. The van der Waals surface area contributed by atoms with Crippen molar-refractivity contribution in [3.05, 3.63) is 53.4 Å². The molecule has 0 spiro atoms. The molecule has 1 saturated carbocycles. The van der Waals surface area contributed by atoms with Crippen molar-refractivity contribution in [1.82, 2.24) is 18.9 Å². The van der Waals surface area contributed by atoms with Crippen molar-refractivity contribution in [2.24, 2.45) is 5.92 Å². The van der Waals surface area contributed by atoms with Gasteiger partial charge in [-0.1, -0.05) is 6.92 Å². The number of piperazine rings is 1. The summed E-state index contributed by atoms with van der Waals surface area (Å²) in [4.78, 5) is 18.9. The van der Waals surface area contributed by atoms with E-state index in [1.807, 2.05) is 30.5 Å². The van der Waals surface area contributed by atoms with Gasteiger partial charge in [-0.2, -0.15) is 17.1 Å². The molecule has 2 aliphatic rings. The van der Waals surface area contributed by atoms with Gasteiger partial charge in [0.15, 0.2) is 11.6 Å². The molecular weight excluding hydrogens is 506 g/mol. The first-order valence-corrected chi connectivity index (χ1v) is 13.8. The number of hydrogen-bond acceptors (Lipinski definition) is 7. The molecule has 1 amide bonds. The van der Waals surface area contributed by atoms with Gasteiger partial charge in [0, 0.05) is 25.7 Å². The fourth-order valence-electron chi connectivity index (χ4n) is 3.94. The lowest BCUT2D eigenvalue weighted by molar-refractivity contribution is 0.0969. The summed E-state index contributed by atoms with van der Waals surface area (Å²) in [6.07, 6.45) is 3.65.